The Hall–Kier alpha value is -2.97. The van der Waals surface area contributed by atoms with Gasteiger partial charge in [0.25, 0.3) is 0 Å². The summed E-state index contributed by atoms with van der Waals surface area (Å²) in [5, 5.41) is 3.63. The molecule has 1 amide bonds. The first-order chi connectivity index (χ1) is 11.8. The minimum Gasteiger partial charge on any atom is -0.465 e. The van der Waals surface area contributed by atoms with E-state index in [1.165, 1.54) is 14.0 Å². The van der Waals surface area contributed by atoms with E-state index in [0.29, 0.717) is 11.3 Å². The predicted molar refractivity (Wildman–Crippen MR) is 86.3 cm³/mol. The first-order valence-electron chi connectivity index (χ1n) is 7.64. The fraction of sp³-hybridized carbons (Fsp3) is 0.438. The third-order valence-electron chi connectivity index (χ3n) is 3.87. The van der Waals surface area contributed by atoms with Gasteiger partial charge in [0.1, 0.15) is 5.71 Å². The second-order valence-electron chi connectivity index (χ2n) is 5.62. The number of ether oxygens (including phenoxy) is 2. The van der Waals surface area contributed by atoms with Gasteiger partial charge in [-0.3, -0.25) is 9.59 Å². The number of hydrazone groups is 1. The van der Waals surface area contributed by atoms with Gasteiger partial charge in [0.2, 0.25) is 11.7 Å². The van der Waals surface area contributed by atoms with E-state index in [-0.39, 0.29) is 35.7 Å². The van der Waals surface area contributed by atoms with Gasteiger partial charge < -0.3 is 14.5 Å². The van der Waals surface area contributed by atoms with Crippen LogP contribution in [-0.2, 0) is 19.1 Å². The van der Waals surface area contributed by atoms with Gasteiger partial charge in [-0.2, -0.15) is 5.10 Å². The van der Waals surface area contributed by atoms with Crippen molar-refractivity contribution in [1.29, 1.82) is 0 Å². The average Bonchev–Trinajstić information content (AvgIpc) is 2.88. The first-order valence-corrected chi connectivity index (χ1v) is 7.64. The molecule has 0 aromatic carbocycles. The molecule has 134 valence electrons. The van der Waals surface area contributed by atoms with Crippen LogP contribution in [0.1, 0.15) is 51.9 Å². The lowest BCUT2D eigenvalue weighted by atomic mass is 10.1. The van der Waals surface area contributed by atoms with Crippen LogP contribution in [0.2, 0.25) is 0 Å². The molecule has 0 unspecified atom stereocenters. The number of ketones is 1. The summed E-state index contributed by atoms with van der Waals surface area (Å²) in [5.74, 6) is -2.09. The highest BCUT2D eigenvalue weighted by molar-refractivity contribution is 6.37. The van der Waals surface area contributed by atoms with Crippen molar-refractivity contribution in [1.82, 2.24) is 10.4 Å². The van der Waals surface area contributed by atoms with Crippen molar-refractivity contribution in [2.75, 3.05) is 7.11 Å². The number of aromatic amines is 1. The summed E-state index contributed by atoms with van der Waals surface area (Å²) in [5.41, 5.74) is 3.62. The molecule has 0 fully saturated rings. The molecule has 25 heavy (non-hydrogen) atoms. The van der Waals surface area contributed by atoms with E-state index in [2.05, 4.69) is 15.5 Å². The van der Waals surface area contributed by atoms with Crippen LogP contribution in [0.25, 0.3) is 0 Å². The molecule has 0 spiro atoms. The van der Waals surface area contributed by atoms with E-state index in [4.69, 9.17) is 9.47 Å². The van der Waals surface area contributed by atoms with Crippen molar-refractivity contribution in [3.05, 3.63) is 22.5 Å². The summed E-state index contributed by atoms with van der Waals surface area (Å²) in [6, 6.07) is 0. The number of hydrogen-bond donors (Lipinski definition) is 2. The zero-order valence-electron chi connectivity index (χ0n) is 14.4. The molecule has 9 nitrogen and oxygen atoms in total. The monoisotopic (exact) mass is 349 g/mol. The second-order valence-corrected chi connectivity index (χ2v) is 5.62. The quantitative estimate of drug-likeness (QED) is 0.598. The number of H-pyrrole nitrogens is 1. The van der Waals surface area contributed by atoms with Crippen LogP contribution in [0.4, 0.5) is 0 Å². The molecule has 0 aliphatic carbocycles. The van der Waals surface area contributed by atoms with E-state index < -0.39 is 23.8 Å². The molecule has 0 saturated heterocycles. The molecule has 1 aliphatic heterocycles. The summed E-state index contributed by atoms with van der Waals surface area (Å²) >= 11 is 0. The summed E-state index contributed by atoms with van der Waals surface area (Å²) in [6.45, 7) is 4.68. The minimum atomic E-state index is -1.09. The summed E-state index contributed by atoms with van der Waals surface area (Å²) in [7, 11) is 1.25. The zero-order chi connectivity index (χ0) is 18.7. The van der Waals surface area contributed by atoms with Gasteiger partial charge in [-0.1, -0.05) is 0 Å². The van der Waals surface area contributed by atoms with Gasteiger partial charge in [0.05, 0.1) is 18.4 Å². The molecule has 1 aliphatic rings. The van der Waals surface area contributed by atoms with E-state index in [0.717, 1.165) is 0 Å². The van der Waals surface area contributed by atoms with Crippen molar-refractivity contribution in [2.24, 2.45) is 5.10 Å². The second kappa shape index (κ2) is 7.29. The summed E-state index contributed by atoms with van der Waals surface area (Å²) in [6.07, 6.45) is -0.804. The summed E-state index contributed by atoms with van der Waals surface area (Å²) < 4.78 is 9.82. The number of rotatable bonds is 5. The molecule has 2 heterocycles. The van der Waals surface area contributed by atoms with Gasteiger partial charge >= 0.3 is 11.9 Å². The van der Waals surface area contributed by atoms with Gasteiger partial charge in [-0.15, -0.1) is 0 Å². The van der Waals surface area contributed by atoms with Gasteiger partial charge in [0, 0.05) is 18.5 Å². The van der Waals surface area contributed by atoms with Crippen molar-refractivity contribution >= 4 is 29.3 Å². The number of carbonyl (C=O) groups is 4. The SMILES string of the molecule is COC(=O)c1c(C)[nH]c(C(=O)[C@@H](C)OC(=O)C2=NNC(=O)CC2)c1C. The maximum Gasteiger partial charge on any atom is 0.355 e. The highest BCUT2D eigenvalue weighted by atomic mass is 16.5. The number of amides is 1. The Balaban J connectivity index is 2.14. The van der Waals surface area contributed by atoms with Crippen LogP contribution in [0, 0.1) is 13.8 Å². The maximum absolute atomic E-state index is 12.5. The van der Waals surface area contributed by atoms with E-state index in [1.54, 1.807) is 13.8 Å². The normalized spacial score (nSPS) is 15.0. The summed E-state index contributed by atoms with van der Waals surface area (Å²) in [4.78, 5) is 50.2. The average molecular weight is 349 g/mol. The van der Waals surface area contributed by atoms with Crippen LogP contribution < -0.4 is 5.43 Å². The van der Waals surface area contributed by atoms with Crippen LogP contribution >= 0.6 is 0 Å². The Morgan fingerprint density at radius 1 is 1.16 bits per heavy atom. The van der Waals surface area contributed by atoms with Gasteiger partial charge in [-0.05, 0) is 26.3 Å². The number of methoxy groups -OCH3 is 1. The van der Waals surface area contributed by atoms with E-state index >= 15 is 0 Å². The molecular weight excluding hydrogens is 330 g/mol. The number of hydrogen-bond acceptors (Lipinski definition) is 7. The highest BCUT2D eigenvalue weighted by Crippen LogP contribution is 2.21. The van der Waals surface area contributed by atoms with Crippen LogP contribution in [0.3, 0.4) is 0 Å². The van der Waals surface area contributed by atoms with E-state index in [1.807, 2.05) is 0 Å². The minimum absolute atomic E-state index is 0.0499. The molecule has 0 bridgehead atoms. The number of carbonyl (C=O) groups excluding carboxylic acids is 4. The molecule has 0 radical (unpaired) electrons. The lowest BCUT2D eigenvalue weighted by molar-refractivity contribution is -0.138. The number of nitrogens with one attached hydrogen (secondary N) is 2. The van der Waals surface area contributed by atoms with Gasteiger partial charge in [-0.25, -0.2) is 15.0 Å². The Morgan fingerprint density at radius 2 is 1.84 bits per heavy atom. The molecule has 2 rings (SSSR count). The Labute approximate surface area is 143 Å². The molecule has 1 atom stereocenters. The zero-order valence-corrected chi connectivity index (χ0v) is 14.4. The standard InChI is InChI=1S/C16H19N3O6/c1-7-12(16(23)24-4)8(2)17-13(7)14(21)9(3)25-15(22)10-5-6-11(20)19-18-10/h9,17H,5-6H2,1-4H3,(H,19,20)/t9-/m1/s1. The van der Waals surface area contributed by atoms with Crippen molar-refractivity contribution in [3.8, 4) is 0 Å². The molecule has 2 N–H and O–H groups in total. The Morgan fingerprint density at radius 3 is 2.40 bits per heavy atom. The van der Waals surface area contributed by atoms with Crippen LogP contribution in [-0.4, -0.2) is 47.5 Å². The number of aryl methyl sites for hydroxylation is 1. The highest BCUT2D eigenvalue weighted by Gasteiger charge is 2.29. The van der Waals surface area contributed by atoms with E-state index in [9.17, 15) is 19.2 Å². The van der Waals surface area contributed by atoms with Crippen molar-refractivity contribution in [2.45, 2.75) is 39.7 Å². The first kappa shape index (κ1) is 18.4. The largest absolute Gasteiger partial charge is 0.465 e. The predicted octanol–water partition coefficient (Wildman–Crippen LogP) is 0.799. The fourth-order valence-corrected chi connectivity index (χ4v) is 2.51. The number of nitrogens with zero attached hydrogens (tertiary/aromatic N) is 1. The Bertz CT molecular complexity index is 777. The van der Waals surface area contributed by atoms with Crippen molar-refractivity contribution < 1.29 is 28.7 Å². The van der Waals surface area contributed by atoms with Crippen molar-refractivity contribution in [3.63, 3.8) is 0 Å². The van der Waals surface area contributed by atoms with Gasteiger partial charge in [0.15, 0.2) is 6.10 Å². The third kappa shape index (κ3) is 3.76. The molecule has 0 saturated carbocycles. The van der Waals surface area contributed by atoms with Crippen LogP contribution in [0.5, 0.6) is 0 Å². The third-order valence-corrected chi connectivity index (χ3v) is 3.87. The Kier molecular flexibility index (Phi) is 5.35. The molecular formula is C16H19N3O6. The number of aromatic nitrogens is 1. The maximum atomic E-state index is 12.5. The molecule has 1 aromatic rings. The topological polar surface area (TPSA) is 127 Å². The molecule has 9 heteroatoms. The number of esters is 2. The molecule has 1 aromatic heterocycles. The number of Topliss-reactive ketones (excluding diaryl/α,β-unsaturated/α-hetero) is 1. The van der Waals surface area contributed by atoms with Crippen LogP contribution in [0.15, 0.2) is 5.10 Å². The lowest BCUT2D eigenvalue weighted by Crippen LogP contribution is -2.34. The smallest absolute Gasteiger partial charge is 0.355 e. The lowest BCUT2D eigenvalue weighted by Gasteiger charge is -2.15. The fourth-order valence-electron chi connectivity index (χ4n) is 2.51.